The molecule has 1 aromatic rings. The summed E-state index contributed by atoms with van der Waals surface area (Å²) in [5.74, 6) is 0. The van der Waals surface area contributed by atoms with Crippen molar-refractivity contribution in [3.8, 4) is 0 Å². The summed E-state index contributed by atoms with van der Waals surface area (Å²) in [5.41, 5.74) is 0.454. The molecular weight excluding hydrogens is 204 g/mol. The number of hydrogen-bond acceptors (Lipinski definition) is 3. The van der Waals surface area contributed by atoms with Gasteiger partial charge in [-0.2, -0.15) is 0 Å². The molecule has 0 aliphatic heterocycles. The zero-order valence-electron chi connectivity index (χ0n) is 9.62. The maximum atomic E-state index is 4.30. The van der Waals surface area contributed by atoms with E-state index in [4.69, 9.17) is 0 Å². The van der Waals surface area contributed by atoms with E-state index in [-0.39, 0.29) is 0 Å². The molecule has 0 aromatic carbocycles. The Morgan fingerprint density at radius 3 is 3.07 bits per heavy atom. The number of rotatable bonds is 3. The van der Waals surface area contributed by atoms with Gasteiger partial charge >= 0.3 is 0 Å². The molecule has 1 aromatic heterocycles. The van der Waals surface area contributed by atoms with Crippen molar-refractivity contribution in [1.82, 2.24) is 10.3 Å². The molecule has 0 spiro atoms. The second-order valence-electron chi connectivity index (χ2n) is 5.09. The van der Waals surface area contributed by atoms with Gasteiger partial charge in [-0.1, -0.05) is 26.7 Å². The third-order valence-corrected chi connectivity index (χ3v) is 4.27. The van der Waals surface area contributed by atoms with Crippen LogP contribution in [0.25, 0.3) is 0 Å². The van der Waals surface area contributed by atoms with Crippen LogP contribution in [-0.4, -0.2) is 11.0 Å². The van der Waals surface area contributed by atoms with Crippen molar-refractivity contribution >= 4 is 11.3 Å². The van der Waals surface area contributed by atoms with E-state index < -0.39 is 0 Å². The molecule has 3 heteroatoms. The van der Waals surface area contributed by atoms with Gasteiger partial charge in [-0.3, -0.25) is 0 Å². The number of aromatic nitrogens is 1. The van der Waals surface area contributed by atoms with Crippen LogP contribution in [0, 0.1) is 5.41 Å². The molecule has 1 aliphatic rings. The zero-order valence-corrected chi connectivity index (χ0v) is 10.4. The van der Waals surface area contributed by atoms with E-state index in [0.717, 1.165) is 6.54 Å². The SMILES string of the molecule is CC1(C)CCCCC1NCc1nccs1. The fraction of sp³-hybridized carbons (Fsp3) is 0.750. The molecule has 1 N–H and O–H groups in total. The Morgan fingerprint density at radius 2 is 2.40 bits per heavy atom. The highest BCUT2D eigenvalue weighted by molar-refractivity contribution is 7.09. The summed E-state index contributed by atoms with van der Waals surface area (Å²) in [7, 11) is 0. The molecule has 0 amide bonds. The largest absolute Gasteiger partial charge is 0.307 e. The quantitative estimate of drug-likeness (QED) is 0.853. The normalized spacial score (nSPS) is 25.3. The van der Waals surface area contributed by atoms with E-state index in [9.17, 15) is 0 Å². The molecule has 15 heavy (non-hydrogen) atoms. The minimum absolute atomic E-state index is 0.454. The van der Waals surface area contributed by atoms with Crippen molar-refractivity contribution in [2.45, 2.75) is 52.1 Å². The van der Waals surface area contributed by atoms with E-state index in [1.807, 2.05) is 11.6 Å². The maximum Gasteiger partial charge on any atom is 0.106 e. The maximum absolute atomic E-state index is 4.30. The molecule has 84 valence electrons. The lowest BCUT2D eigenvalue weighted by Gasteiger charge is -2.39. The average molecular weight is 224 g/mol. The van der Waals surface area contributed by atoms with E-state index in [1.165, 1.54) is 30.7 Å². The Hall–Kier alpha value is -0.410. The van der Waals surface area contributed by atoms with Crippen LogP contribution in [0.1, 0.15) is 44.5 Å². The molecule has 1 aliphatic carbocycles. The first-order chi connectivity index (χ1) is 7.18. The standard InChI is InChI=1S/C12H20N2S/c1-12(2)6-4-3-5-10(12)14-9-11-13-7-8-15-11/h7-8,10,14H,3-6,9H2,1-2H3. The first-order valence-corrected chi connectivity index (χ1v) is 6.68. The van der Waals surface area contributed by atoms with E-state index >= 15 is 0 Å². The molecule has 1 saturated carbocycles. The molecule has 2 nitrogen and oxygen atoms in total. The minimum Gasteiger partial charge on any atom is -0.307 e. The minimum atomic E-state index is 0.454. The van der Waals surface area contributed by atoms with Crippen molar-refractivity contribution in [3.05, 3.63) is 16.6 Å². The number of nitrogens with zero attached hydrogens (tertiary/aromatic N) is 1. The molecule has 1 unspecified atom stereocenters. The second-order valence-corrected chi connectivity index (χ2v) is 6.07. The summed E-state index contributed by atoms with van der Waals surface area (Å²) < 4.78 is 0. The molecule has 1 fully saturated rings. The highest BCUT2D eigenvalue weighted by atomic mass is 32.1. The first-order valence-electron chi connectivity index (χ1n) is 5.80. The van der Waals surface area contributed by atoms with Gasteiger partial charge in [0.1, 0.15) is 5.01 Å². The fourth-order valence-electron chi connectivity index (χ4n) is 2.42. The summed E-state index contributed by atoms with van der Waals surface area (Å²) in [6.45, 7) is 5.70. The smallest absolute Gasteiger partial charge is 0.106 e. The van der Waals surface area contributed by atoms with E-state index in [0.29, 0.717) is 11.5 Å². The Bertz CT molecular complexity index is 293. The fourth-order valence-corrected chi connectivity index (χ4v) is 2.99. The highest BCUT2D eigenvalue weighted by Crippen LogP contribution is 2.35. The third-order valence-electron chi connectivity index (χ3n) is 3.49. The monoisotopic (exact) mass is 224 g/mol. The highest BCUT2D eigenvalue weighted by Gasteiger charge is 2.31. The molecule has 2 rings (SSSR count). The molecule has 0 bridgehead atoms. The van der Waals surface area contributed by atoms with Gasteiger partial charge in [0.15, 0.2) is 0 Å². The summed E-state index contributed by atoms with van der Waals surface area (Å²) >= 11 is 1.74. The van der Waals surface area contributed by atoms with Crippen LogP contribution < -0.4 is 5.32 Å². The van der Waals surface area contributed by atoms with Gasteiger partial charge in [0.2, 0.25) is 0 Å². The lowest BCUT2D eigenvalue weighted by atomic mass is 9.73. The Kier molecular flexibility index (Phi) is 3.42. The van der Waals surface area contributed by atoms with Gasteiger partial charge in [0.25, 0.3) is 0 Å². The van der Waals surface area contributed by atoms with Crippen LogP contribution in [-0.2, 0) is 6.54 Å². The zero-order chi connectivity index (χ0) is 10.7. The summed E-state index contributed by atoms with van der Waals surface area (Å²) in [6, 6.07) is 0.662. The lowest BCUT2D eigenvalue weighted by molar-refractivity contribution is 0.166. The molecule has 0 saturated heterocycles. The lowest BCUT2D eigenvalue weighted by Crippen LogP contribution is -2.43. The van der Waals surface area contributed by atoms with Crippen LogP contribution in [0.4, 0.5) is 0 Å². The number of thiazole rings is 1. The van der Waals surface area contributed by atoms with Crippen LogP contribution in [0.3, 0.4) is 0 Å². The topological polar surface area (TPSA) is 24.9 Å². The predicted molar refractivity (Wildman–Crippen MR) is 65.0 cm³/mol. The number of hydrogen-bond donors (Lipinski definition) is 1. The van der Waals surface area contributed by atoms with Gasteiger partial charge in [-0.05, 0) is 18.3 Å². The Labute approximate surface area is 96.1 Å². The van der Waals surface area contributed by atoms with Gasteiger partial charge in [-0.15, -0.1) is 11.3 Å². The van der Waals surface area contributed by atoms with Crippen molar-refractivity contribution in [3.63, 3.8) is 0 Å². The van der Waals surface area contributed by atoms with Crippen molar-refractivity contribution < 1.29 is 0 Å². The van der Waals surface area contributed by atoms with E-state index in [1.54, 1.807) is 11.3 Å². The second kappa shape index (κ2) is 4.62. The Morgan fingerprint density at radius 1 is 1.53 bits per heavy atom. The van der Waals surface area contributed by atoms with Crippen LogP contribution >= 0.6 is 11.3 Å². The molecule has 1 atom stereocenters. The predicted octanol–water partition coefficient (Wildman–Crippen LogP) is 3.20. The van der Waals surface area contributed by atoms with Crippen molar-refractivity contribution in [1.29, 1.82) is 0 Å². The average Bonchev–Trinajstić information content (AvgIpc) is 2.68. The van der Waals surface area contributed by atoms with Crippen LogP contribution in [0.15, 0.2) is 11.6 Å². The molecule has 1 heterocycles. The first kappa shape index (κ1) is 11.1. The number of nitrogens with one attached hydrogen (secondary N) is 1. The van der Waals surface area contributed by atoms with Crippen molar-refractivity contribution in [2.75, 3.05) is 0 Å². The van der Waals surface area contributed by atoms with Gasteiger partial charge in [0, 0.05) is 24.2 Å². The summed E-state index contributed by atoms with van der Waals surface area (Å²) in [5, 5.41) is 6.91. The molecular formula is C12H20N2S. The van der Waals surface area contributed by atoms with Gasteiger partial charge in [0.05, 0.1) is 0 Å². The Balaban J connectivity index is 1.88. The van der Waals surface area contributed by atoms with Gasteiger partial charge < -0.3 is 5.32 Å². The van der Waals surface area contributed by atoms with E-state index in [2.05, 4.69) is 24.1 Å². The third kappa shape index (κ3) is 2.79. The summed E-state index contributed by atoms with van der Waals surface area (Å²) in [4.78, 5) is 4.30. The van der Waals surface area contributed by atoms with Crippen molar-refractivity contribution in [2.24, 2.45) is 5.41 Å². The summed E-state index contributed by atoms with van der Waals surface area (Å²) in [6.07, 6.45) is 7.32. The van der Waals surface area contributed by atoms with Crippen LogP contribution in [0.2, 0.25) is 0 Å². The van der Waals surface area contributed by atoms with Gasteiger partial charge in [-0.25, -0.2) is 4.98 Å². The molecule has 0 radical (unpaired) electrons. The van der Waals surface area contributed by atoms with Crippen LogP contribution in [0.5, 0.6) is 0 Å².